The first-order chi connectivity index (χ1) is 12.9. The Morgan fingerprint density at radius 1 is 1.33 bits per heavy atom. The van der Waals surface area contributed by atoms with Gasteiger partial charge in [0.05, 0.1) is 23.9 Å². The van der Waals surface area contributed by atoms with Crippen molar-refractivity contribution in [2.45, 2.75) is 51.1 Å². The molecular formula is C20H23N3O2S2. The normalized spacial score (nSPS) is 11.1. The van der Waals surface area contributed by atoms with Crippen molar-refractivity contribution in [2.24, 2.45) is 0 Å². The van der Waals surface area contributed by atoms with Gasteiger partial charge in [-0.3, -0.25) is 9.36 Å². The van der Waals surface area contributed by atoms with E-state index in [1.807, 2.05) is 31.6 Å². The molecule has 0 radical (unpaired) electrons. The molecule has 1 aromatic carbocycles. The molecule has 2 aromatic heterocycles. The molecule has 2 heterocycles. The lowest BCUT2D eigenvalue weighted by atomic mass is 10.1. The predicted octanol–water partition coefficient (Wildman–Crippen LogP) is 4.73. The average molecular weight is 402 g/mol. The van der Waals surface area contributed by atoms with Crippen molar-refractivity contribution in [2.75, 3.05) is 0 Å². The number of thiazole rings is 1. The molecule has 0 aliphatic heterocycles. The topological polar surface area (TPSA) is 57.0 Å². The molecule has 0 fully saturated rings. The number of aromatic nitrogens is 3. The number of imidazole rings is 1. The van der Waals surface area contributed by atoms with Crippen LogP contribution in [0.4, 0.5) is 0 Å². The van der Waals surface area contributed by atoms with Crippen LogP contribution < -0.4 is 0 Å². The highest BCUT2D eigenvalue weighted by molar-refractivity contribution is 7.98. The Bertz CT molecular complexity index is 931. The third-order valence-electron chi connectivity index (χ3n) is 3.84. The Hall–Kier alpha value is -2.12. The molecular weight excluding hydrogens is 378 g/mol. The number of rotatable bonds is 7. The lowest BCUT2D eigenvalue weighted by Crippen LogP contribution is -2.13. The summed E-state index contributed by atoms with van der Waals surface area (Å²) in [7, 11) is 0. The number of nitrogens with zero attached hydrogens (tertiary/aromatic N) is 3. The molecule has 0 atom stereocenters. The van der Waals surface area contributed by atoms with Gasteiger partial charge in [-0.25, -0.2) is 9.97 Å². The number of thioether (sulfide) groups is 1. The molecule has 7 heteroatoms. The van der Waals surface area contributed by atoms with Gasteiger partial charge in [0.2, 0.25) is 0 Å². The first kappa shape index (κ1) is 19.6. The fraction of sp³-hybridized carbons (Fsp3) is 0.350. The van der Waals surface area contributed by atoms with Crippen molar-refractivity contribution in [1.82, 2.24) is 14.5 Å². The quantitative estimate of drug-likeness (QED) is 0.423. The van der Waals surface area contributed by atoms with Gasteiger partial charge in [0, 0.05) is 23.5 Å². The van der Waals surface area contributed by atoms with Crippen LogP contribution in [0.15, 0.2) is 41.1 Å². The van der Waals surface area contributed by atoms with E-state index in [-0.39, 0.29) is 18.5 Å². The largest absolute Gasteiger partial charge is 0.463 e. The van der Waals surface area contributed by atoms with Crippen molar-refractivity contribution < 1.29 is 9.53 Å². The number of carbonyl (C=O) groups excluding carboxylic acids is 1. The summed E-state index contributed by atoms with van der Waals surface area (Å²) in [4.78, 5) is 20.8. The molecule has 142 valence electrons. The van der Waals surface area contributed by atoms with E-state index in [9.17, 15) is 4.79 Å². The minimum absolute atomic E-state index is 0.101. The van der Waals surface area contributed by atoms with Crippen LogP contribution in [0.2, 0.25) is 0 Å². The number of hydrogen-bond donors (Lipinski definition) is 0. The van der Waals surface area contributed by atoms with E-state index in [4.69, 9.17) is 4.74 Å². The summed E-state index contributed by atoms with van der Waals surface area (Å²) in [6, 6.07) is 6.41. The smallest absolute Gasteiger partial charge is 0.312 e. The number of carbonyl (C=O) groups is 1. The molecule has 3 aromatic rings. The summed E-state index contributed by atoms with van der Waals surface area (Å²) in [5, 5.41) is 3.71. The number of esters is 1. The highest BCUT2D eigenvalue weighted by atomic mass is 32.2. The first-order valence-electron chi connectivity index (χ1n) is 8.79. The molecule has 0 bridgehead atoms. The van der Waals surface area contributed by atoms with Crippen molar-refractivity contribution in [3.63, 3.8) is 0 Å². The second-order valence-electron chi connectivity index (χ2n) is 6.61. The molecule has 0 amide bonds. The van der Waals surface area contributed by atoms with Crippen LogP contribution in [0.1, 0.15) is 35.7 Å². The van der Waals surface area contributed by atoms with Gasteiger partial charge < -0.3 is 4.74 Å². The lowest BCUT2D eigenvalue weighted by molar-refractivity contribution is -0.146. The fourth-order valence-corrected chi connectivity index (χ4v) is 4.37. The van der Waals surface area contributed by atoms with Crippen LogP contribution >= 0.6 is 23.1 Å². The highest BCUT2D eigenvalue weighted by Crippen LogP contribution is 2.26. The van der Waals surface area contributed by atoms with E-state index in [0.29, 0.717) is 5.75 Å². The summed E-state index contributed by atoms with van der Waals surface area (Å²) in [5.74, 6) is 0.474. The van der Waals surface area contributed by atoms with Gasteiger partial charge in [-0.15, -0.1) is 11.3 Å². The second-order valence-corrected chi connectivity index (χ2v) is 8.49. The van der Waals surface area contributed by atoms with E-state index < -0.39 is 0 Å². The highest BCUT2D eigenvalue weighted by Gasteiger charge is 2.13. The second kappa shape index (κ2) is 8.71. The minimum Gasteiger partial charge on any atom is -0.463 e. The van der Waals surface area contributed by atoms with Gasteiger partial charge in [0.15, 0.2) is 5.16 Å². The third-order valence-corrected chi connectivity index (χ3v) is 5.74. The zero-order valence-corrected chi connectivity index (χ0v) is 17.6. The Morgan fingerprint density at radius 2 is 2.15 bits per heavy atom. The van der Waals surface area contributed by atoms with Crippen LogP contribution in [-0.2, 0) is 21.7 Å². The molecule has 0 aliphatic carbocycles. The maximum Gasteiger partial charge on any atom is 0.312 e. The zero-order valence-electron chi connectivity index (χ0n) is 15.9. The summed E-state index contributed by atoms with van der Waals surface area (Å²) in [5.41, 5.74) is 4.52. The van der Waals surface area contributed by atoms with Crippen LogP contribution in [0, 0.1) is 13.8 Å². The first-order valence-corrected chi connectivity index (χ1v) is 10.7. The zero-order chi connectivity index (χ0) is 19.4. The monoisotopic (exact) mass is 401 g/mol. The summed E-state index contributed by atoms with van der Waals surface area (Å²) in [6.07, 6.45) is 3.93. The summed E-state index contributed by atoms with van der Waals surface area (Å²) < 4.78 is 7.29. The van der Waals surface area contributed by atoms with Gasteiger partial charge >= 0.3 is 5.97 Å². The molecule has 0 saturated heterocycles. The lowest BCUT2D eigenvalue weighted by Gasteiger charge is -2.11. The summed E-state index contributed by atoms with van der Waals surface area (Å²) in [6.45, 7) is 7.89. The Kier molecular flexibility index (Phi) is 6.34. The van der Waals surface area contributed by atoms with Gasteiger partial charge in [0.1, 0.15) is 5.01 Å². The molecule has 3 rings (SSSR count). The van der Waals surface area contributed by atoms with Crippen molar-refractivity contribution in [3.05, 3.63) is 57.8 Å². The van der Waals surface area contributed by atoms with Gasteiger partial charge in [-0.05, 0) is 44.9 Å². The molecule has 27 heavy (non-hydrogen) atoms. The number of benzene rings is 1. The summed E-state index contributed by atoms with van der Waals surface area (Å²) >= 11 is 3.13. The Morgan fingerprint density at radius 3 is 2.93 bits per heavy atom. The SMILES string of the molecule is Cc1ccc(C)c(-n2ccnc2SCc2csc(CC(=O)OC(C)C)n2)c1. The van der Waals surface area contributed by atoms with E-state index >= 15 is 0 Å². The van der Waals surface area contributed by atoms with Gasteiger partial charge in [-0.1, -0.05) is 23.9 Å². The van der Waals surface area contributed by atoms with E-state index in [0.717, 1.165) is 21.5 Å². The third kappa shape index (κ3) is 5.20. The maximum atomic E-state index is 11.8. The molecule has 5 nitrogen and oxygen atoms in total. The molecule has 0 saturated carbocycles. The Labute approximate surface area is 167 Å². The predicted molar refractivity (Wildman–Crippen MR) is 110 cm³/mol. The minimum atomic E-state index is -0.232. The molecule has 0 unspecified atom stereocenters. The number of aryl methyl sites for hydroxylation is 2. The van der Waals surface area contributed by atoms with Gasteiger partial charge in [0.25, 0.3) is 0 Å². The molecule has 0 spiro atoms. The van der Waals surface area contributed by atoms with Crippen LogP contribution in [0.5, 0.6) is 0 Å². The number of ether oxygens (including phenoxy) is 1. The van der Waals surface area contributed by atoms with Crippen molar-refractivity contribution in [3.8, 4) is 5.69 Å². The standard InChI is InChI=1S/C20H23N3O2S2/c1-13(2)25-19(24)10-18-22-16(11-26-18)12-27-20-21-7-8-23(20)17-9-14(3)5-6-15(17)4/h5-9,11,13H,10,12H2,1-4H3. The average Bonchev–Trinajstić information content (AvgIpc) is 3.23. The number of hydrogen-bond acceptors (Lipinski definition) is 6. The van der Waals surface area contributed by atoms with Crippen molar-refractivity contribution in [1.29, 1.82) is 0 Å². The van der Waals surface area contributed by atoms with Crippen LogP contribution in [-0.4, -0.2) is 26.6 Å². The Balaban J connectivity index is 1.66. The van der Waals surface area contributed by atoms with E-state index in [2.05, 4.69) is 46.6 Å². The van der Waals surface area contributed by atoms with Crippen LogP contribution in [0.3, 0.4) is 0 Å². The van der Waals surface area contributed by atoms with Crippen LogP contribution in [0.25, 0.3) is 5.69 Å². The van der Waals surface area contributed by atoms with Gasteiger partial charge in [-0.2, -0.15) is 0 Å². The molecule has 0 N–H and O–H groups in total. The van der Waals surface area contributed by atoms with E-state index in [1.165, 1.54) is 22.5 Å². The van der Waals surface area contributed by atoms with Crippen molar-refractivity contribution >= 4 is 29.1 Å². The van der Waals surface area contributed by atoms with E-state index in [1.54, 1.807) is 11.8 Å². The fourth-order valence-electron chi connectivity index (χ4n) is 2.62. The molecule has 0 aliphatic rings. The maximum absolute atomic E-state index is 11.8.